The van der Waals surface area contributed by atoms with Gasteiger partial charge in [-0.15, -0.1) is 11.6 Å². The number of anilines is 1. The van der Waals surface area contributed by atoms with Gasteiger partial charge in [0.25, 0.3) is 5.91 Å². The highest BCUT2D eigenvalue weighted by Crippen LogP contribution is 2.04. The third-order valence-corrected chi connectivity index (χ3v) is 2.19. The summed E-state index contributed by atoms with van der Waals surface area (Å²) in [5.41, 5.74) is 0.821. The fraction of sp³-hybridized carbons (Fsp3) is 0.250. The Kier molecular flexibility index (Phi) is 5.68. The summed E-state index contributed by atoms with van der Waals surface area (Å²) in [7, 11) is 0. The summed E-state index contributed by atoms with van der Waals surface area (Å²) in [6.45, 7) is 2.18. The fourth-order valence-electron chi connectivity index (χ4n) is 1.17. The van der Waals surface area contributed by atoms with Crippen molar-refractivity contribution < 1.29 is 4.79 Å². The van der Waals surface area contributed by atoms with Crippen LogP contribution in [0.25, 0.3) is 0 Å². The van der Waals surface area contributed by atoms with Crippen molar-refractivity contribution >= 4 is 23.3 Å². The van der Waals surface area contributed by atoms with Gasteiger partial charge in [-0.25, -0.2) is 4.98 Å². The Morgan fingerprint density at radius 3 is 3.00 bits per heavy atom. The van der Waals surface area contributed by atoms with E-state index in [-0.39, 0.29) is 5.57 Å². The van der Waals surface area contributed by atoms with Gasteiger partial charge in [-0.2, -0.15) is 5.26 Å². The van der Waals surface area contributed by atoms with Crippen molar-refractivity contribution in [2.45, 2.75) is 6.92 Å². The van der Waals surface area contributed by atoms with Gasteiger partial charge in [0.05, 0.1) is 0 Å². The van der Waals surface area contributed by atoms with Crippen LogP contribution in [0, 0.1) is 18.3 Å². The van der Waals surface area contributed by atoms with Crippen LogP contribution in [-0.4, -0.2) is 23.3 Å². The van der Waals surface area contributed by atoms with E-state index in [1.807, 2.05) is 25.1 Å². The highest BCUT2D eigenvalue weighted by molar-refractivity contribution is 6.18. The number of alkyl halides is 1. The van der Waals surface area contributed by atoms with Crippen LogP contribution in [0.5, 0.6) is 0 Å². The number of amides is 1. The molecule has 0 aliphatic carbocycles. The number of aryl methyl sites for hydroxylation is 1. The molecular formula is C12H13ClN4O. The number of rotatable bonds is 5. The third-order valence-electron chi connectivity index (χ3n) is 2.00. The summed E-state index contributed by atoms with van der Waals surface area (Å²) in [4.78, 5) is 15.7. The normalized spacial score (nSPS) is 10.6. The number of aromatic nitrogens is 1. The Balaban J connectivity index is 2.69. The van der Waals surface area contributed by atoms with Gasteiger partial charge in [-0.3, -0.25) is 4.79 Å². The lowest BCUT2D eigenvalue weighted by molar-refractivity contribution is -0.117. The minimum absolute atomic E-state index is 0.0246. The topological polar surface area (TPSA) is 77.8 Å². The second-order valence-electron chi connectivity index (χ2n) is 3.42. The molecule has 1 aromatic heterocycles. The lowest BCUT2D eigenvalue weighted by Gasteiger charge is -2.03. The molecule has 94 valence electrons. The molecule has 0 aliphatic heterocycles. The standard InChI is InChI=1S/C12H13ClN4O/c1-9-3-2-4-11(17-9)16-8-10(7-14)12(18)15-6-5-13/h2-4,8H,5-6H2,1H3,(H,15,18)(H,16,17)/b10-8-. The average Bonchev–Trinajstić information content (AvgIpc) is 2.37. The molecule has 0 radical (unpaired) electrons. The summed E-state index contributed by atoms with van der Waals surface area (Å²) >= 11 is 5.44. The smallest absolute Gasteiger partial charge is 0.263 e. The molecule has 18 heavy (non-hydrogen) atoms. The van der Waals surface area contributed by atoms with Crippen molar-refractivity contribution in [3.05, 3.63) is 35.7 Å². The van der Waals surface area contributed by atoms with Crippen LogP contribution in [0.3, 0.4) is 0 Å². The van der Waals surface area contributed by atoms with Gasteiger partial charge in [0.2, 0.25) is 0 Å². The molecule has 0 bridgehead atoms. The molecule has 1 rings (SSSR count). The van der Waals surface area contributed by atoms with Crippen molar-refractivity contribution in [2.75, 3.05) is 17.7 Å². The number of nitrogens with one attached hydrogen (secondary N) is 2. The Morgan fingerprint density at radius 1 is 1.61 bits per heavy atom. The SMILES string of the molecule is Cc1cccc(N/C=C(/C#N)C(=O)NCCCl)n1. The summed E-state index contributed by atoms with van der Waals surface area (Å²) in [5, 5.41) is 14.2. The van der Waals surface area contributed by atoms with E-state index >= 15 is 0 Å². The predicted molar refractivity (Wildman–Crippen MR) is 70.0 cm³/mol. The molecule has 0 atom stereocenters. The first kappa shape index (κ1) is 14.0. The predicted octanol–water partition coefficient (Wildman–Crippen LogP) is 1.56. The molecule has 1 amide bonds. The van der Waals surface area contributed by atoms with Gasteiger partial charge in [0.15, 0.2) is 0 Å². The second kappa shape index (κ2) is 7.30. The van der Waals surface area contributed by atoms with Crippen LogP contribution < -0.4 is 10.6 Å². The molecular weight excluding hydrogens is 252 g/mol. The summed E-state index contributed by atoms with van der Waals surface area (Å²) in [6.07, 6.45) is 1.32. The van der Waals surface area contributed by atoms with E-state index in [0.29, 0.717) is 18.2 Å². The second-order valence-corrected chi connectivity index (χ2v) is 3.80. The quantitative estimate of drug-likeness (QED) is 0.481. The zero-order chi connectivity index (χ0) is 13.4. The fourth-order valence-corrected chi connectivity index (χ4v) is 1.27. The van der Waals surface area contributed by atoms with Gasteiger partial charge in [-0.05, 0) is 19.1 Å². The monoisotopic (exact) mass is 264 g/mol. The molecule has 5 nitrogen and oxygen atoms in total. The number of hydrogen-bond donors (Lipinski definition) is 2. The number of pyridine rings is 1. The molecule has 0 saturated carbocycles. The van der Waals surface area contributed by atoms with Crippen LogP contribution in [0.4, 0.5) is 5.82 Å². The molecule has 0 fully saturated rings. The van der Waals surface area contributed by atoms with Crippen molar-refractivity contribution in [1.82, 2.24) is 10.3 Å². The Labute approximate surface area is 110 Å². The van der Waals surface area contributed by atoms with E-state index in [1.54, 1.807) is 6.07 Å². The van der Waals surface area contributed by atoms with Crippen LogP contribution in [0.2, 0.25) is 0 Å². The van der Waals surface area contributed by atoms with E-state index in [4.69, 9.17) is 16.9 Å². The van der Waals surface area contributed by atoms with Crippen molar-refractivity contribution in [2.24, 2.45) is 0 Å². The zero-order valence-corrected chi connectivity index (χ0v) is 10.7. The number of carbonyl (C=O) groups is 1. The van der Waals surface area contributed by atoms with Gasteiger partial charge in [0.1, 0.15) is 17.5 Å². The molecule has 2 N–H and O–H groups in total. The lowest BCUT2D eigenvalue weighted by atomic mass is 10.3. The summed E-state index contributed by atoms with van der Waals surface area (Å²) in [6, 6.07) is 7.24. The first-order valence-corrected chi connectivity index (χ1v) is 5.85. The third kappa shape index (κ3) is 4.44. The number of hydrogen-bond acceptors (Lipinski definition) is 4. The minimum Gasteiger partial charge on any atom is -0.350 e. The van der Waals surface area contributed by atoms with E-state index in [9.17, 15) is 4.79 Å². The van der Waals surface area contributed by atoms with Crippen LogP contribution >= 0.6 is 11.6 Å². The maximum Gasteiger partial charge on any atom is 0.263 e. The largest absolute Gasteiger partial charge is 0.350 e. The van der Waals surface area contributed by atoms with E-state index in [1.165, 1.54) is 6.20 Å². The summed E-state index contributed by atoms with van der Waals surface area (Å²) in [5.74, 6) is 0.420. The Morgan fingerprint density at radius 2 is 2.39 bits per heavy atom. The van der Waals surface area contributed by atoms with Gasteiger partial charge in [0, 0.05) is 24.3 Å². The number of nitrogens with zero attached hydrogens (tertiary/aromatic N) is 2. The van der Waals surface area contributed by atoms with Crippen molar-refractivity contribution in [3.63, 3.8) is 0 Å². The minimum atomic E-state index is -0.460. The summed E-state index contributed by atoms with van der Waals surface area (Å²) < 4.78 is 0. The van der Waals surface area contributed by atoms with Crippen LogP contribution in [0.1, 0.15) is 5.69 Å². The van der Waals surface area contributed by atoms with Gasteiger partial charge in [-0.1, -0.05) is 6.07 Å². The van der Waals surface area contributed by atoms with Gasteiger partial charge >= 0.3 is 0 Å². The molecule has 0 aliphatic rings. The Hall–Kier alpha value is -2.06. The molecule has 0 spiro atoms. The highest BCUT2D eigenvalue weighted by atomic mass is 35.5. The Bertz CT molecular complexity index is 493. The maximum absolute atomic E-state index is 11.5. The molecule has 1 heterocycles. The maximum atomic E-state index is 11.5. The molecule has 1 aromatic rings. The molecule has 6 heteroatoms. The van der Waals surface area contributed by atoms with Gasteiger partial charge < -0.3 is 10.6 Å². The average molecular weight is 265 g/mol. The molecule has 0 unspecified atom stereocenters. The molecule has 0 saturated heterocycles. The number of carbonyl (C=O) groups excluding carboxylic acids is 1. The van der Waals surface area contributed by atoms with E-state index in [2.05, 4.69) is 15.6 Å². The first-order chi connectivity index (χ1) is 8.67. The first-order valence-electron chi connectivity index (χ1n) is 5.32. The highest BCUT2D eigenvalue weighted by Gasteiger charge is 2.07. The van der Waals surface area contributed by atoms with Crippen LogP contribution in [0.15, 0.2) is 30.0 Å². The van der Waals surface area contributed by atoms with E-state index in [0.717, 1.165) is 5.69 Å². The van der Waals surface area contributed by atoms with Crippen molar-refractivity contribution in [1.29, 1.82) is 5.26 Å². The number of halogens is 1. The van der Waals surface area contributed by atoms with E-state index < -0.39 is 5.91 Å². The number of nitriles is 1. The van der Waals surface area contributed by atoms with Crippen molar-refractivity contribution in [3.8, 4) is 6.07 Å². The van der Waals surface area contributed by atoms with Crippen LogP contribution in [-0.2, 0) is 4.79 Å². The molecule has 0 aromatic carbocycles. The lowest BCUT2D eigenvalue weighted by Crippen LogP contribution is -2.26. The zero-order valence-electron chi connectivity index (χ0n) is 9.90.